The summed E-state index contributed by atoms with van der Waals surface area (Å²) in [5.74, 6) is -0.519. The van der Waals surface area contributed by atoms with Crippen molar-refractivity contribution in [2.45, 2.75) is 0 Å². The molecule has 1 radical (unpaired) electrons. The number of rotatable bonds is 1. The fraction of sp³-hybridized carbons (Fsp3) is 0.250. The third kappa shape index (κ3) is 5.95. The van der Waals surface area contributed by atoms with Gasteiger partial charge in [0.05, 0.1) is 7.11 Å². The molecule has 39 valence electrons. The molecule has 0 aromatic carbocycles. The Hall–Kier alpha value is -0.0497. The summed E-state index contributed by atoms with van der Waals surface area (Å²) in [6.45, 7) is 3.03. The van der Waals surface area contributed by atoms with Gasteiger partial charge in [0, 0.05) is 22.4 Å². The fourth-order valence-electron chi connectivity index (χ4n) is 0.0722. The van der Waals surface area contributed by atoms with Crippen LogP contribution in [0.3, 0.4) is 0 Å². The molecule has 0 unspecified atom stereocenters. The minimum atomic E-state index is -0.519. The van der Waals surface area contributed by atoms with E-state index in [1.807, 2.05) is 6.08 Å². The van der Waals surface area contributed by atoms with Crippen LogP contribution in [0.4, 0.5) is 0 Å². The predicted molar refractivity (Wildman–Crippen MR) is 20.9 cm³/mol. The Labute approximate surface area is 58.1 Å². The molecule has 0 amide bonds. The molecule has 0 saturated heterocycles. The normalized spacial score (nSPS) is 5.86. The summed E-state index contributed by atoms with van der Waals surface area (Å²) >= 11 is 0. The second-order valence-corrected chi connectivity index (χ2v) is 0.668. The number of methoxy groups -OCH3 is 1. The maximum atomic E-state index is 9.78. The van der Waals surface area contributed by atoms with Crippen LogP contribution in [-0.4, -0.2) is 13.1 Å². The average Bonchev–Trinajstić information content (AvgIpc) is 1.65. The van der Waals surface area contributed by atoms with Crippen molar-refractivity contribution in [3.05, 3.63) is 12.7 Å². The van der Waals surface area contributed by atoms with Gasteiger partial charge in [-0.25, -0.2) is 0 Å². The summed E-state index contributed by atoms with van der Waals surface area (Å²) in [4.78, 5) is 9.78. The van der Waals surface area contributed by atoms with Gasteiger partial charge in [0.15, 0.2) is 0 Å². The molecule has 0 saturated carbocycles. The van der Waals surface area contributed by atoms with E-state index in [4.69, 9.17) is 0 Å². The first-order valence-electron chi connectivity index (χ1n) is 1.42. The number of hydrogen-bond donors (Lipinski definition) is 0. The van der Waals surface area contributed by atoms with E-state index in [0.717, 1.165) is 0 Å². The second kappa shape index (κ2) is 5.95. The second-order valence-electron chi connectivity index (χ2n) is 0.668. The Balaban J connectivity index is 0. The first kappa shape index (κ1) is 10.0. The van der Waals surface area contributed by atoms with Gasteiger partial charge in [-0.1, -0.05) is 0 Å². The van der Waals surface area contributed by atoms with Gasteiger partial charge in [-0.3, -0.25) is 11.4 Å². The first-order chi connectivity index (χ1) is 2.81. The number of carbonyl (C=O) groups excluding carboxylic acids is 1. The Bertz CT molecular complexity index is 70.1. The molecule has 0 heterocycles. The van der Waals surface area contributed by atoms with Crippen LogP contribution in [0.1, 0.15) is 0 Å². The Morgan fingerprint density at radius 1 is 1.86 bits per heavy atom. The first-order valence-corrected chi connectivity index (χ1v) is 1.42. The summed E-state index contributed by atoms with van der Waals surface area (Å²) in [5.41, 5.74) is 0. The summed E-state index contributed by atoms with van der Waals surface area (Å²) in [5, 5.41) is 0. The van der Waals surface area contributed by atoms with Gasteiger partial charge in [0.25, 0.3) is 0 Å². The molecule has 2 nitrogen and oxygen atoms in total. The van der Waals surface area contributed by atoms with Crippen LogP contribution in [-0.2, 0) is 31.9 Å². The zero-order chi connectivity index (χ0) is 4.99. The van der Waals surface area contributed by atoms with Gasteiger partial charge >= 0.3 is 0 Å². The quantitative estimate of drug-likeness (QED) is 0.383. The van der Waals surface area contributed by atoms with E-state index in [9.17, 15) is 4.79 Å². The Morgan fingerprint density at radius 2 is 2.29 bits per heavy atom. The van der Waals surface area contributed by atoms with Crippen molar-refractivity contribution in [1.82, 2.24) is 0 Å². The van der Waals surface area contributed by atoms with E-state index < -0.39 is 5.97 Å². The monoisotopic (exact) mass is 266 g/mol. The third-order valence-corrected chi connectivity index (χ3v) is 0.330. The molecule has 0 aliphatic carbocycles. The molecule has 7 heavy (non-hydrogen) atoms. The van der Waals surface area contributed by atoms with Crippen LogP contribution in [0.25, 0.3) is 0 Å². The molecule has 0 rings (SSSR count). The zero-order valence-corrected chi connectivity index (χ0v) is 7.18. The van der Waals surface area contributed by atoms with Crippen molar-refractivity contribution in [3.63, 3.8) is 0 Å². The number of hydrogen-bond acceptors (Lipinski definition) is 2. The smallest absolute Gasteiger partial charge is 0.146 e. The molecule has 0 aliphatic rings. The molecule has 0 fully saturated rings. The van der Waals surface area contributed by atoms with Crippen molar-refractivity contribution < 1.29 is 31.9 Å². The topological polar surface area (TPSA) is 26.3 Å². The van der Waals surface area contributed by atoms with E-state index in [1.165, 1.54) is 7.11 Å². The number of carbonyl (C=O) groups is 1. The largest absolute Gasteiger partial charge is 0.493 e. The van der Waals surface area contributed by atoms with Crippen LogP contribution in [0.15, 0.2) is 6.58 Å². The van der Waals surface area contributed by atoms with E-state index in [2.05, 4.69) is 11.3 Å². The van der Waals surface area contributed by atoms with Gasteiger partial charge in [-0.2, -0.15) is 0 Å². The molecular weight excluding hydrogens is 261 g/mol. The minimum absolute atomic E-state index is 0. The van der Waals surface area contributed by atoms with Crippen molar-refractivity contribution in [2.75, 3.05) is 7.11 Å². The molecule has 0 aromatic rings. The minimum Gasteiger partial charge on any atom is -0.493 e. The molecule has 0 aromatic heterocycles. The van der Waals surface area contributed by atoms with E-state index in [0.29, 0.717) is 0 Å². The van der Waals surface area contributed by atoms with E-state index >= 15 is 0 Å². The summed E-state index contributed by atoms with van der Waals surface area (Å²) < 4.78 is 4.09. The van der Waals surface area contributed by atoms with E-state index in [-0.39, 0.29) is 22.4 Å². The fourth-order valence-corrected chi connectivity index (χ4v) is 0.0722. The van der Waals surface area contributed by atoms with Crippen molar-refractivity contribution in [1.29, 1.82) is 0 Å². The maximum absolute atomic E-state index is 9.78. The summed E-state index contributed by atoms with van der Waals surface area (Å²) in [6, 6.07) is 0. The van der Waals surface area contributed by atoms with Crippen LogP contribution < -0.4 is 0 Å². The van der Waals surface area contributed by atoms with Crippen molar-refractivity contribution >= 4 is 5.97 Å². The molecule has 0 spiro atoms. The molecular formula is C4H5O2Ta-. The molecule has 0 bridgehead atoms. The molecule has 3 heteroatoms. The van der Waals surface area contributed by atoms with Crippen LogP contribution in [0, 0.1) is 6.08 Å². The van der Waals surface area contributed by atoms with Gasteiger partial charge in [0.2, 0.25) is 0 Å². The SMILES string of the molecule is C=[C-]C(=O)OC.[Ta]. The van der Waals surface area contributed by atoms with Gasteiger partial charge < -0.3 is 10.8 Å². The molecule has 0 N–H and O–H groups in total. The van der Waals surface area contributed by atoms with E-state index in [1.54, 1.807) is 0 Å². The van der Waals surface area contributed by atoms with Crippen molar-refractivity contribution in [2.24, 2.45) is 0 Å². The zero-order valence-electron chi connectivity index (χ0n) is 3.97. The number of esters is 1. The summed E-state index contributed by atoms with van der Waals surface area (Å²) in [6.07, 6.45) is 2.00. The summed E-state index contributed by atoms with van der Waals surface area (Å²) in [7, 11) is 1.28. The van der Waals surface area contributed by atoms with Crippen LogP contribution >= 0.6 is 0 Å². The van der Waals surface area contributed by atoms with Gasteiger partial charge in [-0.15, -0.1) is 0 Å². The Morgan fingerprint density at radius 3 is 2.29 bits per heavy atom. The molecule has 0 aliphatic heterocycles. The molecule has 0 atom stereocenters. The standard InChI is InChI=1S/C4H5O2.Ta/c1-3-4(5)6-2;/h1H2,2H3;/q-1;. The third-order valence-electron chi connectivity index (χ3n) is 0.330. The predicted octanol–water partition coefficient (Wildman–Crippen LogP) is 0.146. The Kier molecular flexibility index (Phi) is 8.54. The van der Waals surface area contributed by atoms with Crippen LogP contribution in [0.2, 0.25) is 0 Å². The van der Waals surface area contributed by atoms with Crippen LogP contribution in [0.5, 0.6) is 0 Å². The number of ether oxygens (including phenoxy) is 1. The average molecular weight is 266 g/mol. The van der Waals surface area contributed by atoms with Crippen molar-refractivity contribution in [3.8, 4) is 0 Å². The maximum Gasteiger partial charge on any atom is 0.146 e. The van der Waals surface area contributed by atoms with Gasteiger partial charge in [-0.05, 0) is 0 Å². The van der Waals surface area contributed by atoms with Gasteiger partial charge in [0.1, 0.15) is 5.97 Å².